The Morgan fingerprint density at radius 3 is 2.46 bits per heavy atom. The van der Waals surface area contributed by atoms with Crippen LogP contribution in [0.15, 0.2) is 56.9 Å². The number of carbonyl (C=O) groups is 1. The van der Waals surface area contributed by atoms with Crippen LogP contribution >= 0.6 is 27.7 Å². The summed E-state index contributed by atoms with van der Waals surface area (Å²) in [6, 6.07) is 13.8. The van der Waals surface area contributed by atoms with E-state index < -0.39 is 0 Å². The van der Waals surface area contributed by atoms with Gasteiger partial charge in [0.05, 0.1) is 14.2 Å². The normalized spacial score (nSPS) is 10.8. The maximum absolute atomic E-state index is 13.0. The van der Waals surface area contributed by atoms with Gasteiger partial charge in [-0.15, -0.1) is 0 Å². The molecule has 3 rings (SSSR count). The first-order valence-electron chi connectivity index (χ1n) is 12.2. The number of hydrogen-bond acceptors (Lipinski definition) is 6. The fraction of sp³-hybridized carbons (Fsp3) is 0.393. The molecule has 198 valence electrons. The second-order valence-corrected chi connectivity index (χ2v) is 10.7. The van der Waals surface area contributed by atoms with E-state index in [1.807, 2.05) is 49.4 Å². The van der Waals surface area contributed by atoms with E-state index in [0.29, 0.717) is 36.0 Å². The van der Waals surface area contributed by atoms with Gasteiger partial charge in [0.1, 0.15) is 0 Å². The minimum atomic E-state index is -0.00761. The summed E-state index contributed by atoms with van der Waals surface area (Å²) >= 11 is 5.00. The number of halogens is 1. The van der Waals surface area contributed by atoms with E-state index in [-0.39, 0.29) is 11.5 Å². The number of carbonyl (C=O) groups excluding carboxylic acids is 1. The standard InChI is InChI=1S/C28H34BrN3O4S/c1-19-23(17-20-8-11-22(29)12-9-20)27(34)32(2)28(31-19)37-16-6-5-7-26(33)30-15-14-21-10-13-24(35-3)25(18-21)36-4/h8-13,18H,5-7,14-17H2,1-4H3,(H,30,33). The third-order valence-corrected chi connectivity index (χ3v) is 7.70. The summed E-state index contributed by atoms with van der Waals surface area (Å²) in [6.07, 6.45) is 3.40. The number of thioether (sulfide) groups is 1. The molecule has 1 heterocycles. The number of benzene rings is 2. The Kier molecular flexibility index (Phi) is 11.1. The highest BCUT2D eigenvalue weighted by Crippen LogP contribution is 2.27. The van der Waals surface area contributed by atoms with Crippen LogP contribution in [0.5, 0.6) is 11.5 Å². The van der Waals surface area contributed by atoms with Gasteiger partial charge in [-0.1, -0.05) is 45.9 Å². The van der Waals surface area contributed by atoms with Gasteiger partial charge in [0.25, 0.3) is 5.56 Å². The van der Waals surface area contributed by atoms with Crippen LogP contribution in [0, 0.1) is 6.92 Å². The molecule has 3 aromatic rings. The molecular weight excluding hydrogens is 554 g/mol. The van der Waals surface area contributed by atoms with Crippen LogP contribution < -0.4 is 20.3 Å². The Balaban J connectivity index is 1.40. The minimum Gasteiger partial charge on any atom is -0.493 e. The Morgan fingerprint density at radius 2 is 1.76 bits per heavy atom. The largest absolute Gasteiger partial charge is 0.493 e. The molecule has 0 fully saturated rings. The van der Waals surface area contributed by atoms with Gasteiger partial charge in [0, 0.05) is 47.9 Å². The molecule has 0 aliphatic rings. The van der Waals surface area contributed by atoms with Crippen molar-refractivity contribution in [1.29, 1.82) is 0 Å². The molecule has 9 heteroatoms. The number of nitrogens with zero attached hydrogens (tertiary/aromatic N) is 2. The van der Waals surface area contributed by atoms with Crippen LogP contribution in [0.2, 0.25) is 0 Å². The minimum absolute atomic E-state index is 0.00761. The Hall–Kier alpha value is -2.78. The van der Waals surface area contributed by atoms with E-state index in [1.54, 1.807) is 37.6 Å². The van der Waals surface area contributed by atoms with Gasteiger partial charge in [-0.05, 0) is 61.6 Å². The number of ether oxygens (including phenoxy) is 2. The lowest BCUT2D eigenvalue weighted by Crippen LogP contribution is -2.26. The van der Waals surface area contributed by atoms with Crippen molar-refractivity contribution in [2.75, 3.05) is 26.5 Å². The third kappa shape index (κ3) is 8.36. The monoisotopic (exact) mass is 587 g/mol. The summed E-state index contributed by atoms with van der Waals surface area (Å²) in [5, 5.41) is 3.69. The smallest absolute Gasteiger partial charge is 0.257 e. The van der Waals surface area contributed by atoms with Crippen LogP contribution in [-0.4, -0.2) is 42.0 Å². The Labute approximate surface area is 231 Å². The number of amides is 1. The first-order valence-corrected chi connectivity index (χ1v) is 14.0. The lowest BCUT2D eigenvalue weighted by Gasteiger charge is -2.12. The lowest BCUT2D eigenvalue weighted by molar-refractivity contribution is -0.121. The van der Waals surface area contributed by atoms with E-state index in [9.17, 15) is 9.59 Å². The molecule has 0 saturated heterocycles. The maximum atomic E-state index is 13.0. The summed E-state index contributed by atoms with van der Waals surface area (Å²) in [7, 11) is 4.99. The zero-order valence-corrected chi connectivity index (χ0v) is 24.2. The third-order valence-electron chi connectivity index (χ3n) is 6.06. The number of unbranched alkanes of at least 4 members (excludes halogenated alkanes) is 1. The molecule has 0 aliphatic heterocycles. The van der Waals surface area contributed by atoms with Gasteiger partial charge >= 0.3 is 0 Å². The van der Waals surface area contributed by atoms with Crippen molar-refractivity contribution in [2.24, 2.45) is 7.05 Å². The molecule has 0 bridgehead atoms. The molecule has 0 atom stereocenters. The SMILES string of the molecule is COc1ccc(CCNC(=O)CCCCSc2nc(C)c(Cc3ccc(Br)cc3)c(=O)n2C)cc1OC. The summed E-state index contributed by atoms with van der Waals surface area (Å²) < 4.78 is 13.2. The number of rotatable bonds is 13. The molecule has 1 N–H and O–H groups in total. The highest BCUT2D eigenvalue weighted by molar-refractivity contribution is 9.10. The number of hydrogen-bond donors (Lipinski definition) is 1. The lowest BCUT2D eigenvalue weighted by atomic mass is 10.1. The van der Waals surface area contributed by atoms with E-state index >= 15 is 0 Å². The molecule has 2 aromatic carbocycles. The van der Waals surface area contributed by atoms with E-state index in [2.05, 4.69) is 21.2 Å². The van der Waals surface area contributed by atoms with Gasteiger partial charge in [-0.2, -0.15) is 0 Å². The van der Waals surface area contributed by atoms with Gasteiger partial charge < -0.3 is 14.8 Å². The van der Waals surface area contributed by atoms with Crippen molar-refractivity contribution in [3.63, 3.8) is 0 Å². The molecule has 7 nitrogen and oxygen atoms in total. The van der Waals surface area contributed by atoms with Crippen LogP contribution in [0.4, 0.5) is 0 Å². The van der Waals surface area contributed by atoms with Crippen molar-refractivity contribution < 1.29 is 14.3 Å². The Morgan fingerprint density at radius 1 is 1.05 bits per heavy atom. The van der Waals surface area contributed by atoms with E-state index in [4.69, 9.17) is 14.5 Å². The van der Waals surface area contributed by atoms with E-state index in [0.717, 1.165) is 51.9 Å². The van der Waals surface area contributed by atoms with E-state index in [1.165, 1.54) is 0 Å². The summed E-state index contributed by atoms with van der Waals surface area (Å²) in [5.74, 6) is 2.22. The molecule has 0 radical (unpaired) electrons. The average molecular weight is 589 g/mol. The van der Waals surface area contributed by atoms with Crippen molar-refractivity contribution in [2.45, 2.75) is 44.2 Å². The summed E-state index contributed by atoms with van der Waals surface area (Å²) in [6.45, 7) is 2.47. The highest BCUT2D eigenvalue weighted by Gasteiger charge is 2.13. The zero-order valence-electron chi connectivity index (χ0n) is 21.8. The zero-order chi connectivity index (χ0) is 26.8. The summed E-state index contributed by atoms with van der Waals surface area (Å²) in [4.78, 5) is 29.9. The summed E-state index contributed by atoms with van der Waals surface area (Å²) in [5.41, 5.74) is 3.63. The van der Waals surface area contributed by atoms with Crippen molar-refractivity contribution in [3.05, 3.63) is 79.7 Å². The predicted molar refractivity (Wildman–Crippen MR) is 152 cm³/mol. The second-order valence-electron chi connectivity index (χ2n) is 8.72. The average Bonchev–Trinajstić information content (AvgIpc) is 2.90. The quantitative estimate of drug-likeness (QED) is 0.170. The van der Waals surface area contributed by atoms with Gasteiger partial charge in [-0.3, -0.25) is 14.2 Å². The number of methoxy groups -OCH3 is 2. The van der Waals surface area contributed by atoms with Gasteiger partial charge in [0.15, 0.2) is 16.7 Å². The molecule has 1 aromatic heterocycles. The second kappa shape index (κ2) is 14.2. The topological polar surface area (TPSA) is 82.5 Å². The molecule has 0 unspecified atom stereocenters. The maximum Gasteiger partial charge on any atom is 0.257 e. The number of nitrogens with one attached hydrogen (secondary N) is 1. The molecule has 0 saturated carbocycles. The van der Waals surface area contributed by atoms with Crippen LogP contribution in [0.25, 0.3) is 0 Å². The van der Waals surface area contributed by atoms with Crippen LogP contribution in [0.1, 0.15) is 41.6 Å². The van der Waals surface area contributed by atoms with Crippen molar-refractivity contribution in [1.82, 2.24) is 14.9 Å². The first kappa shape index (κ1) is 28.8. The predicted octanol–water partition coefficient (Wildman–Crippen LogP) is 5.08. The van der Waals surface area contributed by atoms with Crippen molar-refractivity contribution in [3.8, 4) is 11.5 Å². The molecular formula is C28H34BrN3O4S. The molecule has 0 spiro atoms. The van der Waals surface area contributed by atoms with Crippen molar-refractivity contribution >= 4 is 33.6 Å². The first-order chi connectivity index (χ1) is 17.8. The molecule has 37 heavy (non-hydrogen) atoms. The van der Waals surface area contributed by atoms with Gasteiger partial charge in [-0.25, -0.2) is 4.98 Å². The van der Waals surface area contributed by atoms with Crippen LogP contribution in [0.3, 0.4) is 0 Å². The van der Waals surface area contributed by atoms with Gasteiger partial charge in [0.2, 0.25) is 5.91 Å². The fourth-order valence-corrected chi connectivity index (χ4v) is 5.16. The fourth-order valence-electron chi connectivity index (χ4n) is 3.89. The molecule has 1 amide bonds. The Bertz CT molecular complexity index is 1260. The molecule has 0 aliphatic carbocycles. The number of aryl methyl sites for hydroxylation is 1. The van der Waals surface area contributed by atoms with Crippen LogP contribution in [-0.2, 0) is 24.7 Å². The highest BCUT2D eigenvalue weighted by atomic mass is 79.9. The number of aromatic nitrogens is 2.